The number of fused-ring (bicyclic) bond motifs is 5. The number of methoxy groups -OCH3 is 3. The number of imidazole rings is 1. The molecule has 3 fully saturated rings. The summed E-state index contributed by atoms with van der Waals surface area (Å²) in [5.41, 5.74) is 5.81. The summed E-state index contributed by atoms with van der Waals surface area (Å²) in [6.07, 6.45) is 7.46. The highest BCUT2D eigenvalue weighted by molar-refractivity contribution is 7.84. The number of piperidine rings is 3. The molecule has 6 heterocycles. The zero-order valence-corrected chi connectivity index (χ0v) is 29.9. The van der Waals surface area contributed by atoms with Gasteiger partial charge in [0, 0.05) is 52.8 Å². The third-order valence-electron chi connectivity index (χ3n) is 10.4. The third-order valence-corrected chi connectivity index (χ3v) is 11.5. The molecular formula is C38H45N5O5S. The van der Waals surface area contributed by atoms with E-state index in [0.29, 0.717) is 33.8 Å². The van der Waals surface area contributed by atoms with Crippen LogP contribution in [0.25, 0.3) is 21.9 Å². The first-order valence-electron chi connectivity index (χ1n) is 16.5. The molecule has 3 saturated heterocycles. The molecule has 4 unspecified atom stereocenters. The van der Waals surface area contributed by atoms with Crippen LogP contribution in [-0.2, 0) is 16.6 Å². The summed E-state index contributed by atoms with van der Waals surface area (Å²) in [5.74, 6) is 3.74. The van der Waals surface area contributed by atoms with Crippen LogP contribution in [0.1, 0.15) is 41.3 Å². The summed E-state index contributed by atoms with van der Waals surface area (Å²) in [7, 11) is 5.79. The number of pyridine rings is 2. The normalized spacial score (nSPS) is 22.6. The maximum Gasteiger partial charge on any atom is 0.131 e. The number of ether oxygens (including phenoxy) is 3. The molecule has 2 aromatic carbocycles. The van der Waals surface area contributed by atoms with Crippen LogP contribution in [0.15, 0.2) is 72.7 Å². The summed E-state index contributed by atoms with van der Waals surface area (Å²) in [4.78, 5) is 17.5. The van der Waals surface area contributed by atoms with Gasteiger partial charge in [-0.05, 0) is 72.8 Å². The van der Waals surface area contributed by atoms with E-state index in [9.17, 15) is 9.32 Å². The van der Waals surface area contributed by atoms with Gasteiger partial charge in [0.15, 0.2) is 0 Å². The zero-order chi connectivity index (χ0) is 34.9. The molecule has 3 aliphatic rings. The standard InChI is InChI=1S/C21H27N2O2.C17H18N3O3S/c1-4-14-13-23(2)10-8-15(14)11-20(23)21(24)17-7-9-22-19-6-5-16(25-3)12-18(17)19;1-10-8-18-15(11(2)16(10)23-4)9-24(21)17-19-13-6-5-12(22-3)7-14(13)20-17/h4-7,9,12,14-15,20-21,24H,1,8,10-11,13H2,2-3H3;5-8H,9H2,1-4H3/q+1;-1/t14?,15?,20-,21-,23?;/m1./s1. The van der Waals surface area contributed by atoms with Crippen molar-refractivity contribution in [3.63, 3.8) is 0 Å². The highest BCUT2D eigenvalue weighted by Crippen LogP contribution is 2.46. The van der Waals surface area contributed by atoms with Crippen molar-refractivity contribution in [1.82, 2.24) is 19.9 Å². The number of quaternary nitrogens is 1. The molecular weight excluding hydrogens is 639 g/mol. The second-order valence-corrected chi connectivity index (χ2v) is 14.6. The number of nitrogens with zero attached hydrogens (tertiary/aromatic N) is 5. The van der Waals surface area contributed by atoms with E-state index in [1.165, 1.54) is 6.42 Å². The van der Waals surface area contributed by atoms with E-state index in [1.54, 1.807) is 51.9 Å². The summed E-state index contributed by atoms with van der Waals surface area (Å²) in [6.45, 7) is 10.1. The Kier molecular flexibility index (Phi) is 10.1. The minimum Gasteiger partial charge on any atom is -0.497 e. The molecule has 3 aromatic heterocycles. The SMILES string of the molecule is C=CC1C[N+]2(C)CCC1C[C@@H]2[C@H](O)c1ccnc2ccc(OC)cc12.COc1ccc2[n-]c(S(=O)Cc3ncc(C)c(OC)c3C)nc2c1. The Morgan fingerprint density at radius 3 is 2.53 bits per heavy atom. The van der Waals surface area contributed by atoms with Gasteiger partial charge in [-0.25, -0.2) is 0 Å². The van der Waals surface area contributed by atoms with Crippen LogP contribution in [0.4, 0.5) is 0 Å². The van der Waals surface area contributed by atoms with Crippen molar-refractivity contribution in [3.05, 3.63) is 89.9 Å². The lowest BCUT2D eigenvalue weighted by molar-refractivity contribution is -0.956. The quantitative estimate of drug-likeness (QED) is 0.151. The Hall–Kier alpha value is -4.32. The molecule has 258 valence electrons. The topological polar surface area (TPSA) is 118 Å². The molecule has 5 aromatic rings. The van der Waals surface area contributed by atoms with E-state index in [-0.39, 0.29) is 11.8 Å². The Balaban J connectivity index is 0.000000170. The first-order valence-corrected chi connectivity index (χ1v) is 17.8. The van der Waals surface area contributed by atoms with Gasteiger partial charge in [0.1, 0.15) is 29.4 Å². The number of benzene rings is 2. The summed E-state index contributed by atoms with van der Waals surface area (Å²) >= 11 is 0. The smallest absolute Gasteiger partial charge is 0.131 e. The number of aliphatic hydroxyl groups excluding tert-OH is 1. The highest BCUT2D eigenvalue weighted by atomic mass is 32.2. The van der Waals surface area contributed by atoms with Gasteiger partial charge in [0.2, 0.25) is 0 Å². The van der Waals surface area contributed by atoms with Gasteiger partial charge in [-0.15, -0.1) is 6.58 Å². The van der Waals surface area contributed by atoms with Crippen molar-refractivity contribution in [3.8, 4) is 17.2 Å². The molecule has 0 aliphatic carbocycles. The van der Waals surface area contributed by atoms with Crippen LogP contribution in [0, 0.1) is 25.7 Å². The average molecular weight is 684 g/mol. The number of hydrogen-bond acceptors (Lipinski definition) is 8. The van der Waals surface area contributed by atoms with Crippen LogP contribution in [0.2, 0.25) is 0 Å². The lowest BCUT2D eigenvalue weighted by Crippen LogP contribution is -2.66. The summed E-state index contributed by atoms with van der Waals surface area (Å²) in [6, 6.07) is 13.5. The number of likely N-dealkylation sites (N-methyl/N-ethyl adjacent to an activating group) is 1. The highest BCUT2D eigenvalue weighted by Gasteiger charge is 2.51. The largest absolute Gasteiger partial charge is 0.497 e. The van der Waals surface area contributed by atoms with Gasteiger partial charge < -0.3 is 33.8 Å². The Labute approximate surface area is 290 Å². The maximum atomic E-state index is 12.6. The fourth-order valence-electron chi connectivity index (χ4n) is 7.58. The Bertz CT molecular complexity index is 2010. The van der Waals surface area contributed by atoms with Crippen molar-refractivity contribution in [2.45, 2.75) is 49.7 Å². The number of hydrogen-bond donors (Lipinski definition) is 1. The molecule has 0 radical (unpaired) electrons. The van der Waals surface area contributed by atoms with Crippen LogP contribution in [0.3, 0.4) is 0 Å². The molecule has 0 saturated carbocycles. The molecule has 6 atom stereocenters. The van der Waals surface area contributed by atoms with Gasteiger partial charge in [-0.3, -0.25) is 14.2 Å². The van der Waals surface area contributed by atoms with Crippen LogP contribution >= 0.6 is 0 Å². The molecule has 2 bridgehead atoms. The van der Waals surface area contributed by atoms with E-state index in [2.05, 4.69) is 39.6 Å². The van der Waals surface area contributed by atoms with Gasteiger partial charge >= 0.3 is 0 Å². The maximum absolute atomic E-state index is 12.6. The van der Waals surface area contributed by atoms with E-state index < -0.39 is 16.9 Å². The lowest BCUT2D eigenvalue weighted by Gasteiger charge is -2.56. The molecule has 3 aliphatic heterocycles. The number of aryl methyl sites for hydroxylation is 1. The predicted octanol–water partition coefficient (Wildman–Crippen LogP) is 5.85. The fraction of sp³-hybridized carbons (Fsp3) is 0.395. The van der Waals surface area contributed by atoms with Gasteiger partial charge in [0.05, 0.1) is 69.2 Å². The van der Waals surface area contributed by atoms with E-state index >= 15 is 0 Å². The van der Waals surface area contributed by atoms with E-state index in [1.807, 2.05) is 38.1 Å². The number of aromatic nitrogens is 4. The fourth-order valence-corrected chi connectivity index (χ4v) is 8.65. The monoisotopic (exact) mass is 683 g/mol. The average Bonchev–Trinajstić information content (AvgIpc) is 3.56. The minimum atomic E-state index is -1.38. The van der Waals surface area contributed by atoms with Gasteiger partial charge in [0.25, 0.3) is 0 Å². The van der Waals surface area contributed by atoms with Gasteiger partial charge in [-0.2, -0.15) is 0 Å². The zero-order valence-electron chi connectivity index (χ0n) is 29.1. The van der Waals surface area contributed by atoms with Crippen molar-refractivity contribution >= 4 is 32.7 Å². The van der Waals surface area contributed by atoms with Crippen molar-refractivity contribution in [2.24, 2.45) is 11.8 Å². The Morgan fingerprint density at radius 2 is 1.82 bits per heavy atom. The molecule has 0 spiro atoms. The van der Waals surface area contributed by atoms with Crippen LogP contribution < -0.4 is 19.2 Å². The van der Waals surface area contributed by atoms with Crippen molar-refractivity contribution < 1.29 is 28.0 Å². The molecule has 49 heavy (non-hydrogen) atoms. The molecule has 1 N–H and O–H groups in total. The first kappa shape index (κ1) is 34.5. The second-order valence-electron chi connectivity index (χ2n) is 13.3. The first-order chi connectivity index (χ1) is 23.6. The van der Waals surface area contributed by atoms with Crippen molar-refractivity contribution in [1.29, 1.82) is 0 Å². The lowest BCUT2D eigenvalue weighted by atomic mass is 9.72. The molecule has 8 rings (SSSR count). The van der Waals surface area contributed by atoms with Crippen molar-refractivity contribution in [2.75, 3.05) is 41.5 Å². The number of aliphatic hydroxyl groups is 1. The third kappa shape index (κ3) is 6.79. The molecule has 0 amide bonds. The van der Waals surface area contributed by atoms with E-state index in [4.69, 9.17) is 14.2 Å². The second kappa shape index (κ2) is 14.3. The number of rotatable bonds is 9. The molecule has 11 heteroatoms. The van der Waals surface area contributed by atoms with Crippen LogP contribution in [0.5, 0.6) is 17.2 Å². The Morgan fingerprint density at radius 1 is 1.06 bits per heavy atom. The summed E-state index contributed by atoms with van der Waals surface area (Å²) < 4.78 is 29.5. The minimum absolute atomic E-state index is 0.228. The summed E-state index contributed by atoms with van der Waals surface area (Å²) in [5, 5.41) is 12.6. The van der Waals surface area contributed by atoms with Crippen LogP contribution in [-0.4, -0.2) is 76.3 Å². The van der Waals surface area contributed by atoms with Gasteiger partial charge in [-0.1, -0.05) is 12.1 Å². The predicted molar refractivity (Wildman–Crippen MR) is 191 cm³/mol. The van der Waals surface area contributed by atoms with E-state index in [0.717, 1.165) is 68.8 Å². The molecule has 10 nitrogen and oxygen atoms in total.